The van der Waals surface area contributed by atoms with Gasteiger partial charge in [-0.1, -0.05) is 72.8 Å². The minimum absolute atomic E-state index is 0.221. The SMILES string of the molecule is O=C(O)c1ccc(-c2ccc(F)cc2)cc1C=Cc1ccc(-c2cc3ccccc3s2)cc1. The van der Waals surface area contributed by atoms with Crippen molar-refractivity contribution in [1.29, 1.82) is 0 Å². The summed E-state index contributed by atoms with van der Waals surface area (Å²) >= 11 is 1.77. The lowest BCUT2D eigenvalue weighted by Crippen LogP contribution is -1.99. The van der Waals surface area contributed by atoms with Crippen molar-refractivity contribution in [2.75, 3.05) is 0 Å². The molecular formula is C29H19FO2S. The second-order valence-corrected chi connectivity index (χ2v) is 8.80. The van der Waals surface area contributed by atoms with Crippen LogP contribution in [0, 0.1) is 5.82 Å². The van der Waals surface area contributed by atoms with E-state index in [-0.39, 0.29) is 11.4 Å². The van der Waals surface area contributed by atoms with Gasteiger partial charge in [-0.2, -0.15) is 0 Å². The fourth-order valence-electron chi connectivity index (χ4n) is 3.79. The Morgan fingerprint density at radius 2 is 1.45 bits per heavy atom. The second kappa shape index (κ2) is 8.85. The molecule has 0 saturated heterocycles. The molecule has 0 aliphatic rings. The summed E-state index contributed by atoms with van der Waals surface area (Å²) in [6.07, 6.45) is 3.72. The van der Waals surface area contributed by atoms with Crippen LogP contribution in [0.2, 0.25) is 0 Å². The predicted octanol–water partition coefficient (Wildman–Crippen LogP) is 8.24. The van der Waals surface area contributed by atoms with E-state index in [1.807, 2.05) is 42.5 Å². The lowest BCUT2D eigenvalue weighted by atomic mass is 9.98. The van der Waals surface area contributed by atoms with E-state index in [0.29, 0.717) is 5.56 Å². The van der Waals surface area contributed by atoms with Crippen molar-refractivity contribution >= 4 is 39.5 Å². The quantitative estimate of drug-likeness (QED) is 0.274. The van der Waals surface area contributed by atoms with Gasteiger partial charge in [0, 0.05) is 9.58 Å². The van der Waals surface area contributed by atoms with Crippen LogP contribution in [-0.2, 0) is 0 Å². The van der Waals surface area contributed by atoms with Gasteiger partial charge in [0.05, 0.1) is 5.56 Å². The molecule has 1 aromatic heterocycles. The molecule has 2 nitrogen and oxygen atoms in total. The number of halogens is 1. The van der Waals surface area contributed by atoms with Crippen molar-refractivity contribution < 1.29 is 14.3 Å². The van der Waals surface area contributed by atoms with Crippen molar-refractivity contribution in [3.63, 3.8) is 0 Å². The minimum Gasteiger partial charge on any atom is -0.478 e. The van der Waals surface area contributed by atoms with E-state index in [1.54, 1.807) is 35.6 Å². The molecule has 0 spiro atoms. The highest BCUT2D eigenvalue weighted by atomic mass is 32.1. The van der Waals surface area contributed by atoms with Gasteiger partial charge in [-0.25, -0.2) is 9.18 Å². The molecule has 5 rings (SSSR count). The Balaban J connectivity index is 1.43. The number of carbonyl (C=O) groups is 1. The number of rotatable bonds is 5. The van der Waals surface area contributed by atoms with E-state index < -0.39 is 5.97 Å². The number of hydrogen-bond donors (Lipinski definition) is 1. The predicted molar refractivity (Wildman–Crippen MR) is 135 cm³/mol. The van der Waals surface area contributed by atoms with Crippen molar-refractivity contribution in [2.24, 2.45) is 0 Å². The second-order valence-electron chi connectivity index (χ2n) is 7.72. The third-order valence-electron chi connectivity index (χ3n) is 5.54. The molecule has 0 unspecified atom stereocenters. The lowest BCUT2D eigenvalue weighted by molar-refractivity contribution is 0.0696. The molecule has 160 valence electrons. The van der Waals surface area contributed by atoms with E-state index in [1.165, 1.54) is 27.1 Å². The number of carboxylic acids is 1. The van der Waals surface area contributed by atoms with Gasteiger partial charge in [0.25, 0.3) is 0 Å². The summed E-state index contributed by atoms with van der Waals surface area (Å²) in [5.41, 5.74) is 4.61. The first-order valence-electron chi connectivity index (χ1n) is 10.5. The van der Waals surface area contributed by atoms with Crippen molar-refractivity contribution in [3.05, 3.63) is 120 Å². The Labute approximate surface area is 194 Å². The summed E-state index contributed by atoms with van der Waals surface area (Å²) in [6, 6.07) is 30.1. The van der Waals surface area contributed by atoms with E-state index >= 15 is 0 Å². The van der Waals surface area contributed by atoms with Gasteiger partial charge in [-0.15, -0.1) is 11.3 Å². The Hall–Kier alpha value is -4.02. The standard InChI is InChI=1S/C29H19FO2S/c30-25-14-11-20(12-15-25)22-13-16-26(29(31)32)23(17-22)10-7-19-5-8-21(9-6-19)28-18-24-3-1-2-4-27(24)33-28/h1-18H,(H,31,32). The maximum Gasteiger partial charge on any atom is 0.336 e. The Bertz CT molecular complexity index is 1450. The fourth-order valence-corrected chi connectivity index (χ4v) is 4.85. The van der Waals surface area contributed by atoms with Crippen molar-refractivity contribution in [3.8, 4) is 21.6 Å². The average molecular weight is 451 g/mol. The van der Waals surface area contributed by atoms with Crippen LogP contribution in [0.15, 0.2) is 97.1 Å². The van der Waals surface area contributed by atoms with Crippen LogP contribution in [0.1, 0.15) is 21.5 Å². The van der Waals surface area contributed by atoms with Gasteiger partial charge in [-0.3, -0.25) is 0 Å². The van der Waals surface area contributed by atoms with Crippen LogP contribution < -0.4 is 0 Å². The summed E-state index contributed by atoms with van der Waals surface area (Å²) in [7, 11) is 0. The van der Waals surface area contributed by atoms with Crippen LogP contribution >= 0.6 is 11.3 Å². The number of benzene rings is 4. The maximum atomic E-state index is 13.3. The van der Waals surface area contributed by atoms with Crippen LogP contribution in [0.3, 0.4) is 0 Å². The molecule has 5 aromatic rings. The fraction of sp³-hybridized carbons (Fsp3) is 0. The van der Waals surface area contributed by atoms with Crippen LogP contribution in [0.5, 0.6) is 0 Å². The normalized spacial score (nSPS) is 11.3. The minimum atomic E-state index is -0.986. The van der Waals surface area contributed by atoms with Gasteiger partial charge >= 0.3 is 5.97 Å². The summed E-state index contributed by atoms with van der Waals surface area (Å²) in [6.45, 7) is 0. The molecule has 0 radical (unpaired) electrons. The van der Waals surface area contributed by atoms with Gasteiger partial charge < -0.3 is 5.11 Å². The molecule has 33 heavy (non-hydrogen) atoms. The zero-order valence-electron chi connectivity index (χ0n) is 17.5. The number of fused-ring (bicyclic) bond motifs is 1. The highest BCUT2D eigenvalue weighted by Crippen LogP contribution is 2.33. The highest BCUT2D eigenvalue weighted by molar-refractivity contribution is 7.22. The molecule has 4 aromatic carbocycles. The Morgan fingerprint density at radius 1 is 0.758 bits per heavy atom. The molecule has 0 aliphatic heterocycles. The lowest BCUT2D eigenvalue weighted by Gasteiger charge is -2.07. The summed E-state index contributed by atoms with van der Waals surface area (Å²) in [5.74, 6) is -1.29. The molecule has 4 heteroatoms. The van der Waals surface area contributed by atoms with Crippen LogP contribution in [-0.4, -0.2) is 11.1 Å². The van der Waals surface area contributed by atoms with Gasteiger partial charge in [0.15, 0.2) is 0 Å². The van der Waals surface area contributed by atoms with Crippen LogP contribution in [0.25, 0.3) is 43.8 Å². The summed E-state index contributed by atoms with van der Waals surface area (Å²) in [4.78, 5) is 12.9. The molecule has 1 N–H and O–H groups in total. The third kappa shape index (κ3) is 4.47. The van der Waals surface area contributed by atoms with E-state index in [2.05, 4.69) is 30.3 Å². The zero-order valence-corrected chi connectivity index (χ0v) is 18.4. The molecular weight excluding hydrogens is 431 g/mol. The highest BCUT2D eigenvalue weighted by Gasteiger charge is 2.10. The average Bonchev–Trinajstić information content (AvgIpc) is 3.28. The monoisotopic (exact) mass is 450 g/mol. The van der Waals surface area contributed by atoms with E-state index in [4.69, 9.17) is 0 Å². The zero-order chi connectivity index (χ0) is 22.8. The molecule has 0 amide bonds. The number of carboxylic acid groups (broad SMARTS) is 1. The van der Waals surface area contributed by atoms with Crippen molar-refractivity contribution in [2.45, 2.75) is 0 Å². The van der Waals surface area contributed by atoms with Gasteiger partial charge in [0.1, 0.15) is 5.82 Å². The van der Waals surface area contributed by atoms with Gasteiger partial charge in [0.2, 0.25) is 0 Å². The van der Waals surface area contributed by atoms with E-state index in [9.17, 15) is 14.3 Å². The largest absolute Gasteiger partial charge is 0.478 e. The van der Waals surface area contributed by atoms with Gasteiger partial charge in [-0.05, 0) is 69.6 Å². The van der Waals surface area contributed by atoms with E-state index in [0.717, 1.165) is 22.3 Å². The number of thiophene rings is 1. The molecule has 0 saturated carbocycles. The molecule has 0 fully saturated rings. The smallest absolute Gasteiger partial charge is 0.336 e. The summed E-state index contributed by atoms with van der Waals surface area (Å²) in [5, 5.41) is 10.8. The topological polar surface area (TPSA) is 37.3 Å². The number of hydrogen-bond acceptors (Lipinski definition) is 2. The molecule has 0 aliphatic carbocycles. The maximum absolute atomic E-state index is 13.3. The Kier molecular flexibility index (Phi) is 5.59. The molecule has 0 atom stereocenters. The summed E-state index contributed by atoms with van der Waals surface area (Å²) < 4.78 is 14.5. The van der Waals surface area contributed by atoms with Crippen molar-refractivity contribution in [1.82, 2.24) is 0 Å². The number of aromatic carboxylic acids is 1. The third-order valence-corrected chi connectivity index (χ3v) is 6.70. The molecule has 1 heterocycles. The first-order valence-corrected chi connectivity index (χ1v) is 11.3. The first kappa shape index (κ1) is 20.9. The van der Waals surface area contributed by atoms with Crippen LogP contribution in [0.4, 0.5) is 4.39 Å². The Morgan fingerprint density at radius 3 is 2.18 bits per heavy atom. The first-order chi connectivity index (χ1) is 16.1. The molecule has 0 bridgehead atoms.